The van der Waals surface area contributed by atoms with Gasteiger partial charge in [0.25, 0.3) is 0 Å². The molecule has 0 spiro atoms. The third-order valence-corrected chi connectivity index (χ3v) is 11.3. The largest absolute Gasteiger partial charge is 0.398 e. The Bertz CT molecular complexity index is 2970. The molecule has 0 unspecified atom stereocenters. The minimum atomic E-state index is 0.687. The van der Waals surface area contributed by atoms with Crippen LogP contribution in [-0.2, 0) is 0 Å². The van der Waals surface area contributed by atoms with E-state index >= 15 is 0 Å². The minimum absolute atomic E-state index is 0.687. The molecular weight excluding hydrogens is 761 g/mol. The van der Waals surface area contributed by atoms with Crippen LogP contribution in [0.2, 0.25) is 0 Å². The van der Waals surface area contributed by atoms with Crippen molar-refractivity contribution in [3.05, 3.63) is 259 Å². The monoisotopic (exact) mass is 810 g/mol. The quantitative estimate of drug-likeness (QED) is 0.0986. The van der Waals surface area contributed by atoms with Crippen LogP contribution in [0.4, 0.5) is 0 Å². The van der Waals surface area contributed by atoms with Gasteiger partial charge in [0.1, 0.15) is 0 Å². The molecule has 0 bridgehead atoms. The highest BCUT2D eigenvalue weighted by atomic mass is 14.7. The highest BCUT2D eigenvalue weighted by Gasteiger charge is 2.13. The Labute approximate surface area is 372 Å². The van der Waals surface area contributed by atoms with Gasteiger partial charge in [-0.2, -0.15) is 0 Å². The molecule has 2 N–H and O–H groups in total. The second-order valence-corrected chi connectivity index (χ2v) is 15.4. The van der Waals surface area contributed by atoms with Crippen LogP contribution in [0.25, 0.3) is 84.4 Å². The molecule has 0 aliphatic rings. The maximum Gasteiger partial charge on any atom is 0.0715 e. The van der Waals surface area contributed by atoms with E-state index in [1.54, 1.807) is 0 Å². The number of hydrogen-bond acceptors (Lipinski definition) is 2. The van der Waals surface area contributed by atoms with E-state index in [2.05, 4.69) is 196 Å². The average molecular weight is 811 g/mol. The summed E-state index contributed by atoms with van der Waals surface area (Å²) in [5.41, 5.74) is 30.3. The van der Waals surface area contributed by atoms with Crippen LogP contribution in [0.15, 0.2) is 242 Å². The van der Waals surface area contributed by atoms with Crippen molar-refractivity contribution < 1.29 is 0 Å². The van der Waals surface area contributed by atoms with Gasteiger partial charge in [-0.1, -0.05) is 207 Å². The van der Waals surface area contributed by atoms with Crippen LogP contribution in [0.5, 0.6) is 0 Å². The van der Waals surface area contributed by atoms with Crippen LogP contribution in [0.1, 0.15) is 37.5 Å². The predicted molar refractivity (Wildman–Crippen MR) is 270 cm³/mol. The number of benzene rings is 7. The third-order valence-electron chi connectivity index (χ3n) is 11.3. The van der Waals surface area contributed by atoms with Crippen molar-refractivity contribution in [3.63, 3.8) is 0 Å². The molecule has 63 heavy (non-hydrogen) atoms. The van der Waals surface area contributed by atoms with Gasteiger partial charge in [0.15, 0.2) is 0 Å². The van der Waals surface area contributed by atoms with Crippen LogP contribution < -0.4 is 5.73 Å². The highest BCUT2D eigenvalue weighted by Crippen LogP contribution is 2.37. The molecule has 8 aromatic rings. The molecule has 0 atom stereocenters. The Hall–Kier alpha value is -8.03. The molecule has 0 saturated heterocycles. The number of nitrogens with zero attached hydrogens (tertiary/aromatic N) is 1. The van der Waals surface area contributed by atoms with Crippen LogP contribution >= 0.6 is 0 Å². The van der Waals surface area contributed by atoms with Crippen molar-refractivity contribution in [2.24, 2.45) is 5.73 Å². The molecule has 0 saturated carbocycles. The van der Waals surface area contributed by atoms with E-state index in [-0.39, 0.29) is 0 Å². The molecule has 2 nitrogen and oxygen atoms in total. The summed E-state index contributed by atoms with van der Waals surface area (Å²) in [5.74, 6) is 0. The maximum absolute atomic E-state index is 6.68. The van der Waals surface area contributed by atoms with Gasteiger partial charge in [0.2, 0.25) is 0 Å². The molecule has 1 aromatic heterocycles. The van der Waals surface area contributed by atoms with E-state index < -0.39 is 0 Å². The molecule has 0 aliphatic carbocycles. The van der Waals surface area contributed by atoms with Crippen molar-refractivity contribution in [2.45, 2.75) is 20.8 Å². The molecule has 7 aromatic carbocycles. The zero-order valence-corrected chi connectivity index (χ0v) is 36.1. The van der Waals surface area contributed by atoms with Gasteiger partial charge >= 0.3 is 0 Å². The number of pyridine rings is 1. The van der Waals surface area contributed by atoms with E-state index in [4.69, 9.17) is 10.7 Å². The first kappa shape index (κ1) is 41.7. The number of aromatic nitrogens is 1. The third kappa shape index (κ3) is 9.64. The lowest BCUT2D eigenvalue weighted by Gasteiger charge is -2.15. The normalized spacial score (nSPS) is 11.6. The molecule has 0 fully saturated rings. The molecular formula is C61H50N2. The summed E-state index contributed by atoms with van der Waals surface area (Å²) in [6, 6.07) is 68.0. The average Bonchev–Trinajstić information content (AvgIpc) is 3.36. The molecule has 1 heterocycles. The van der Waals surface area contributed by atoms with Crippen LogP contribution in [0, 0.1) is 0 Å². The topological polar surface area (TPSA) is 38.9 Å². The second-order valence-electron chi connectivity index (χ2n) is 15.4. The number of rotatable bonds is 12. The fraction of sp³-hybridized carbons (Fsp3) is 0.0492. The van der Waals surface area contributed by atoms with Crippen molar-refractivity contribution in [1.82, 2.24) is 4.98 Å². The van der Waals surface area contributed by atoms with Gasteiger partial charge in [-0.3, -0.25) is 0 Å². The molecule has 0 amide bonds. The SMILES string of the molecule is C=Cc1c(-c2ccc(C(=C=C(C)C(/C=C\C)=C/C)/C=C(\N)c3ccccc3)cc2)cccc1-c1cccc(-c2ccc(-c3cc(-c4ccccc4)nc(-c4ccccc4)c3)cc2)c1. The Kier molecular flexibility index (Phi) is 13.0. The van der Waals surface area contributed by atoms with Crippen molar-refractivity contribution in [3.8, 4) is 67.0 Å². The molecule has 2 heteroatoms. The fourth-order valence-electron chi connectivity index (χ4n) is 8.00. The van der Waals surface area contributed by atoms with Crippen LogP contribution in [0.3, 0.4) is 0 Å². The first-order valence-corrected chi connectivity index (χ1v) is 21.4. The van der Waals surface area contributed by atoms with Gasteiger partial charge in [0.05, 0.1) is 11.4 Å². The van der Waals surface area contributed by atoms with Gasteiger partial charge in [-0.25, -0.2) is 4.98 Å². The molecule has 8 rings (SSSR count). The van der Waals surface area contributed by atoms with E-state index in [1.165, 1.54) is 0 Å². The standard InChI is InChI=1S/C61H50N2/c1-5-19-44(6-2)43(4)38-54(40-59(62)49-20-11-8-12-21-49)46-34-36-48(37-35-46)57-28-18-29-58(56(57)7-3)53-27-17-26-52(39-53)45-30-32-47(33-31-45)55-41-60(50-22-13-9-14-23-50)63-61(42-55)51-24-15-10-16-25-51/h5-37,39-42H,3,62H2,1-2,4H3/b19-5-,44-6+,59-40-. The Morgan fingerprint density at radius 1 is 0.508 bits per heavy atom. The van der Waals surface area contributed by atoms with Crippen molar-refractivity contribution in [1.29, 1.82) is 0 Å². The van der Waals surface area contributed by atoms with E-state index in [1.807, 2.05) is 61.5 Å². The summed E-state index contributed by atoms with van der Waals surface area (Å²) in [5, 5.41) is 0. The lowest BCUT2D eigenvalue weighted by molar-refractivity contribution is 1.32. The summed E-state index contributed by atoms with van der Waals surface area (Å²) >= 11 is 0. The van der Waals surface area contributed by atoms with E-state index in [0.717, 1.165) is 100 Å². The number of nitrogens with two attached hydrogens (primary N) is 1. The predicted octanol–water partition coefficient (Wildman–Crippen LogP) is 16.2. The Morgan fingerprint density at radius 2 is 1.02 bits per heavy atom. The molecule has 0 radical (unpaired) electrons. The van der Waals surface area contributed by atoms with Crippen molar-refractivity contribution in [2.75, 3.05) is 0 Å². The first-order valence-electron chi connectivity index (χ1n) is 21.4. The smallest absolute Gasteiger partial charge is 0.0715 e. The zero-order chi connectivity index (χ0) is 43.5. The van der Waals surface area contributed by atoms with Crippen LogP contribution in [-0.4, -0.2) is 4.98 Å². The number of allylic oxidation sites excluding steroid dienone is 6. The van der Waals surface area contributed by atoms with E-state index in [9.17, 15) is 0 Å². The van der Waals surface area contributed by atoms with Gasteiger partial charge in [-0.15, -0.1) is 5.73 Å². The molecule has 0 aliphatic heterocycles. The maximum atomic E-state index is 6.68. The summed E-state index contributed by atoms with van der Waals surface area (Å²) in [7, 11) is 0. The number of hydrogen-bond donors (Lipinski definition) is 1. The second kappa shape index (κ2) is 19.6. The summed E-state index contributed by atoms with van der Waals surface area (Å²) in [4.78, 5) is 5.07. The molecule has 304 valence electrons. The Morgan fingerprint density at radius 3 is 1.59 bits per heavy atom. The zero-order valence-electron chi connectivity index (χ0n) is 36.1. The highest BCUT2D eigenvalue weighted by molar-refractivity contribution is 5.89. The van der Waals surface area contributed by atoms with E-state index in [0.29, 0.717) is 5.70 Å². The summed E-state index contributed by atoms with van der Waals surface area (Å²) in [6.45, 7) is 10.5. The van der Waals surface area contributed by atoms with Gasteiger partial charge in [-0.05, 0) is 117 Å². The van der Waals surface area contributed by atoms with Crippen molar-refractivity contribution >= 4 is 17.3 Å². The fourth-order valence-corrected chi connectivity index (χ4v) is 8.00. The Balaban J connectivity index is 1.11. The van der Waals surface area contributed by atoms with Gasteiger partial charge in [0, 0.05) is 22.4 Å². The lowest BCUT2D eigenvalue weighted by atomic mass is 9.89. The summed E-state index contributed by atoms with van der Waals surface area (Å²) in [6.07, 6.45) is 10.3. The summed E-state index contributed by atoms with van der Waals surface area (Å²) < 4.78 is 0. The lowest BCUT2D eigenvalue weighted by Crippen LogP contribution is -1.97. The minimum Gasteiger partial charge on any atom is -0.398 e. The van der Waals surface area contributed by atoms with Gasteiger partial charge < -0.3 is 5.73 Å². The first-order chi connectivity index (χ1) is 30.9.